The minimum absolute atomic E-state index is 0.0352. The van der Waals surface area contributed by atoms with Crippen LogP contribution < -0.4 is 0 Å². The Bertz CT molecular complexity index is 1280. The number of benzene rings is 2. The van der Waals surface area contributed by atoms with Crippen LogP contribution >= 0.6 is 23.2 Å². The van der Waals surface area contributed by atoms with Gasteiger partial charge in [-0.15, -0.1) is 0 Å². The lowest BCUT2D eigenvalue weighted by atomic mass is 9.82. The molecule has 0 aromatic heterocycles. The van der Waals surface area contributed by atoms with Gasteiger partial charge in [0, 0.05) is 29.5 Å². The van der Waals surface area contributed by atoms with Gasteiger partial charge in [-0.25, -0.2) is 8.78 Å². The summed E-state index contributed by atoms with van der Waals surface area (Å²) in [5.41, 5.74) is -5.60. The maximum atomic E-state index is 15.5. The van der Waals surface area contributed by atoms with Crippen molar-refractivity contribution in [2.45, 2.75) is 43.6 Å². The van der Waals surface area contributed by atoms with Crippen LogP contribution in [0.1, 0.15) is 48.4 Å². The van der Waals surface area contributed by atoms with Gasteiger partial charge in [0.05, 0.1) is 40.5 Å². The summed E-state index contributed by atoms with van der Waals surface area (Å²) in [5, 5.41) is 12.0. The van der Waals surface area contributed by atoms with Crippen LogP contribution in [-0.4, -0.2) is 35.8 Å². The van der Waals surface area contributed by atoms with Crippen molar-refractivity contribution in [3.05, 3.63) is 68.4 Å². The van der Waals surface area contributed by atoms with Gasteiger partial charge in [-0.2, -0.15) is 18.4 Å². The quantitative estimate of drug-likeness (QED) is 0.323. The number of amides is 1. The molecule has 2 aromatic carbocycles. The number of hydrogen-bond donors (Lipinski definition) is 0. The summed E-state index contributed by atoms with van der Waals surface area (Å²) in [6.07, 6.45) is -4.92. The standard InChI is InChI=1S/C24H18Cl2F5N3O2/c1-2-3-20(35)34-11-22(28,12-34)16-5-4-13(6-14(16)10-32)19-9-23(36-33-19,24(29,30)31)15-7-17(25)21(27)18(26)8-15/h4-8H,2-3,9,11-12H2,1H3. The molecule has 0 saturated carbocycles. The van der Waals surface area contributed by atoms with E-state index in [0.29, 0.717) is 6.42 Å². The van der Waals surface area contributed by atoms with E-state index in [1.54, 1.807) is 0 Å². The topological polar surface area (TPSA) is 65.7 Å². The normalized spacial score (nSPS) is 20.9. The smallest absolute Gasteiger partial charge is 0.374 e. The fraction of sp³-hybridized carbons (Fsp3) is 0.375. The molecule has 1 amide bonds. The van der Waals surface area contributed by atoms with Crippen LogP contribution in [-0.2, 0) is 20.9 Å². The van der Waals surface area contributed by atoms with Crippen LogP contribution in [0.5, 0.6) is 0 Å². The van der Waals surface area contributed by atoms with Crippen molar-refractivity contribution >= 4 is 34.8 Å². The number of oxime groups is 1. The van der Waals surface area contributed by atoms with Crippen LogP contribution in [0.2, 0.25) is 10.0 Å². The average molecular weight is 546 g/mol. The molecule has 2 aromatic rings. The second-order valence-corrected chi connectivity index (χ2v) is 9.54. The van der Waals surface area contributed by atoms with E-state index in [1.165, 1.54) is 23.1 Å². The van der Waals surface area contributed by atoms with E-state index in [-0.39, 0.29) is 47.8 Å². The first kappa shape index (κ1) is 26.2. The van der Waals surface area contributed by atoms with Crippen LogP contribution in [0.4, 0.5) is 22.0 Å². The SMILES string of the molecule is CCCC(=O)N1CC(F)(c2ccc(C3=NOC(c4cc(Cl)c(F)c(Cl)c4)(C(F)(F)F)C3)cc2C#N)C1. The molecule has 5 nitrogen and oxygen atoms in total. The van der Waals surface area contributed by atoms with Gasteiger partial charge in [0.1, 0.15) is 0 Å². The first-order chi connectivity index (χ1) is 16.8. The summed E-state index contributed by atoms with van der Waals surface area (Å²) >= 11 is 11.4. The predicted molar refractivity (Wildman–Crippen MR) is 122 cm³/mol. The summed E-state index contributed by atoms with van der Waals surface area (Å²) in [7, 11) is 0. The van der Waals surface area contributed by atoms with Gasteiger partial charge >= 0.3 is 6.18 Å². The van der Waals surface area contributed by atoms with Crippen LogP contribution in [0.3, 0.4) is 0 Å². The number of carbonyl (C=O) groups is 1. The zero-order valence-electron chi connectivity index (χ0n) is 18.7. The molecule has 4 rings (SSSR count). The molecule has 0 bridgehead atoms. The van der Waals surface area contributed by atoms with Crippen LogP contribution in [0, 0.1) is 17.1 Å². The minimum atomic E-state index is -5.00. The van der Waals surface area contributed by atoms with Gasteiger partial charge in [-0.3, -0.25) is 4.79 Å². The Kier molecular flexibility index (Phi) is 6.69. The molecule has 0 radical (unpaired) electrons. The highest BCUT2D eigenvalue weighted by atomic mass is 35.5. The molecular weight excluding hydrogens is 528 g/mol. The van der Waals surface area contributed by atoms with Gasteiger partial charge in [0.2, 0.25) is 5.91 Å². The lowest BCUT2D eigenvalue weighted by Crippen LogP contribution is -2.59. The number of rotatable bonds is 5. The van der Waals surface area contributed by atoms with Crippen molar-refractivity contribution in [3.8, 4) is 6.07 Å². The molecule has 1 unspecified atom stereocenters. The maximum absolute atomic E-state index is 15.5. The van der Waals surface area contributed by atoms with Crippen molar-refractivity contribution in [1.82, 2.24) is 4.90 Å². The molecule has 0 aliphatic carbocycles. The molecule has 12 heteroatoms. The number of hydrogen-bond acceptors (Lipinski definition) is 4. The third-order valence-electron chi connectivity index (χ3n) is 6.29. The number of alkyl halides is 4. The van der Waals surface area contributed by atoms with E-state index in [9.17, 15) is 27.6 Å². The zero-order chi connectivity index (χ0) is 26.5. The highest BCUT2D eigenvalue weighted by Crippen LogP contribution is 2.50. The molecule has 1 atom stereocenters. The first-order valence-corrected chi connectivity index (χ1v) is 11.6. The third kappa shape index (κ3) is 4.28. The second kappa shape index (κ2) is 9.20. The monoisotopic (exact) mass is 545 g/mol. The highest BCUT2D eigenvalue weighted by molar-refractivity contribution is 6.35. The van der Waals surface area contributed by atoms with E-state index in [4.69, 9.17) is 28.0 Å². The fourth-order valence-corrected chi connectivity index (χ4v) is 4.82. The Labute approximate surface area is 213 Å². The largest absolute Gasteiger partial charge is 0.435 e. The van der Waals surface area contributed by atoms with Crippen molar-refractivity contribution in [3.63, 3.8) is 0 Å². The molecule has 0 N–H and O–H groups in total. The van der Waals surface area contributed by atoms with Gasteiger partial charge < -0.3 is 9.74 Å². The fourth-order valence-electron chi connectivity index (χ4n) is 4.33. The second-order valence-electron chi connectivity index (χ2n) is 8.72. The van der Waals surface area contributed by atoms with Crippen LogP contribution in [0.25, 0.3) is 0 Å². The van der Waals surface area contributed by atoms with Crippen molar-refractivity contribution in [2.24, 2.45) is 5.16 Å². The van der Waals surface area contributed by atoms with E-state index in [2.05, 4.69) is 5.16 Å². The summed E-state index contributed by atoms with van der Waals surface area (Å²) in [5.74, 6) is -1.26. The van der Waals surface area contributed by atoms with Gasteiger partial charge in [-0.05, 0) is 24.6 Å². The van der Waals surface area contributed by atoms with E-state index in [0.717, 1.165) is 12.1 Å². The maximum Gasteiger partial charge on any atom is 0.435 e. The van der Waals surface area contributed by atoms with Gasteiger partial charge in [0.15, 0.2) is 11.5 Å². The number of likely N-dealkylation sites (tertiary alicyclic amines) is 1. The Morgan fingerprint density at radius 1 is 1.22 bits per heavy atom. The molecule has 2 aliphatic heterocycles. The molecule has 1 saturated heterocycles. The lowest BCUT2D eigenvalue weighted by Gasteiger charge is -2.45. The minimum Gasteiger partial charge on any atom is -0.374 e. The molecule has 190 valence electrons. The number of nitriles is 1. The molecule has 36 heavy (non-hydrogen) atoms. The molecule has 0 spiro atoms. The molecular formula is C24H18Cl2F5N3O2. The molecule has 1 fully saturated rings. The number of nitrogens with zero attached hydrogens (tertiary/aromatic N) is 3. The first-order valence-electron chi connectivity index (χ1n) is 10.8. The Morgan fingerprint density at radius 3 is 2.42 bits per heavy atom. The average Bonchev–Trinajstić information content (AvgIpc) is 3.27. The van der Waals surface area contributed by atoms with Crippen molar-refractivity contribution < 1.29 is 31.6 Å². The van der Waals surface area contributed by atoms with E-state index < -0.39 is 45.3 Å². The van der Waals surface area contributed by atoms with E-state index >= 15 is 4.39 Å². The van der Waals surface area contributed by atoms with Crippen molar-refractivity contribution in [1.29, 1.82) is 5.26 Å². The van der Waals surface area contributed by atoms with Gasteiger partial charge in [0.25, 0.3) is 5.60 Å². The summed E-state index contributed by atoms with van der Waals surface area (Å²) in [6.45, 7) is 1.40. The number of carbonyl (C=O) groups excluding carboxylic acids is 1. The number of halogens is 7. The predicted octanol–water partition coefficient (Wildman–Crippen LogP) is 6.39. The lowest BCUT2D eigenvalue weighted by molar-refractivity contribution is -0.275. The summed E-state index contributed by atoms with van der Waals surface area (Å²) in [4.78, 5) is 18.2. The third-order valence-corrected chi connectivity index (χ3v) is 6.84. The summed E-state index contributed by atoms with van der Waals surface area (Å²) in [6, 6.07) is 7.28. The van der Waals surface area contributed by atoms with Crippen LogP contribution in [0.15, 0.2) is 35.5 Å². The Morgan fingerprint density at radius 2 is 1.86 bits per heavy atom. The van der Waals surface area contributed by atoms with Gasteiger partial charge in [-0.1, -0.05) is 47.4 Å². The van der Waals surface area contributed by atoms with Crippen molar-refractivity contribution in [2.75, 3.05) is 13.1 Å². The Hall–Kier alpha value is -2.90. The molecule has 2 aliphatic rings. The highest BCUT2D eigenvalue weighted by Gasteiger charge is 2.62. The zero-order valence-corrected chi connectivity index (χ0v) is 20.2. The molecule has 2 heterocycles. The van der Waals surface area contributed by atoms with E-state index in [1.807, 2.05) is 13.0 Å². The Balaban J connectivity index is 1.63. The summed E-state index contributed by atoms with van der Waals surface area (Å²) < 4.78 is 71.9.